The van der Waals surface area contributed by atoms with Gasteiger partial charge in [-0.15, -0.1) is 0 Å². The normalized spacial score (nSPS) is 13.7. The number of imidazole rings is 1. The Morgan fingerprint density at radius 2 is 2.16 bits per heavy atom. The molecule has 0 spiro atoms. The van der Waals surface area contributed by atoms with Crippen LogP contribution in [0.3, 0.4) is 0 Å². The first-order valence-corrected chi connectivity index (χ1v) is 9.29. The number of rotatable bonds is 7. The number of aromatic nitrogens is 2. The molecule has 0 unspecified atom stereocenters. The molecule has 0 atom stereocenters. The van der Waals surface area contributed by atoms with Crippen LogP contribution in [0.25, 0.3) is 0 Å². The minimum absolute atomic E-state index is 0.0292. The van der Waals surface area contributed by atoms with Crippen LogP contribution in [0, 0.1) is 5.92 Å². The van der Waals surface area contributed by atoms with Crippen molar-refractivity contribution < 1.29 is 4.79 Å². The summed E-state index contributed by atoms with van der Waals surface area (Å²) in [4.78, 5) is 18.6. The van der Waals surface area contributed by atoms with Gasteiger partial charge in [-0.1, -0.05) is 29.3 Å². The van der Waals surface area contributed by atoms with Crippen LogP contribution in [-0.4, -0.2) is 33.6 Å². The number of hydrogen-bond donors (Lipinski definition) is 1. The Balaban J connectivity index is 1.72. The van der Waals surface area contributed by atoms with Crippen molar-refractivity contribution in [2.24, 2.45) is 5.92 Å². The van der Waals surface area contributed by atoms with Crippen molar-refractivity contribution in [3.8, 4) is 0 Å². The number of hydrogen-bond acceptors (Lipinski definition) is 2. The Bertz CT molecular complexity index is 742. The largest absolute Gasteiger partial charge is 0.338 e. The summed E-state index contributed by atoms with van der Waals surface area (Å²) in [5.74, 6) is 1.49. The van der Waals surface area contributed by atoms with Crippen molar-refractivity contribution in [3.05, 3.63) is 52.0 Å². The molecule has 3 rings (SSSR count). The Morgan fingerprint density at radius 3 is 2.84 bits per heavy atom. The second-order valence-corrected chi connectivity index (χ2v) is 7.19. The third-order valence-corrected chi connectivity index (χ3v) is 5.00. The molecule has 1 fully saturated rings. The van der Waals surface area contributed by atoms with Crippen LogP contribution < -0.4 is 5.32 Å². The van der Waals surface area contributed by atoms with E-state index in [0.717, 1.165) is 17.9 Å². The van der Waals surface area contributed by atoms with Crippen LogP contribution >= 0.6 is 23.2 Å². The molecule has 1 aliphatic rings. The summed E-state index contributed by atoms with van der Waals surface area (Å²) in [5.41, 5.74) is 1.04. The fourth-order valence-corrected chi connectivity index (χ4v) is 3.06. The molecule has 1 aliphatic carbocycles. The fraction of sp³-hybridized carbons (Fsp3) is 0.444. The highest BCUT2D eigenvalue weighted by molar-refractivity contribution is 6.42. The predicted molar refractivity (Wildman–Crippen MR) is 100.0 cm³/mol. The van der Waals surface area contributed by atoms with Crippen molar-refractivity contribution in [1.82, 2.24) is 19.8 Å². The number of nitrogens with one attached hydrogen (secondary N) is 1. The molecule has 0 radical (unpaired) electrons. The highest BCUT2D eigenvalue weighted by Crippen LogP contribution is 2.30. The van der Waals surface area contributed by atoms with E-state index in [9.17, 15) is 4.79 Å². The lowest BCUT2D eigenvalue weighted by Gasteiger charge is -2.23. The molecule has 0 saturated heterocycles. The van der Waals surface area contributed by atoms with Gasteiger partial charge < -0.3 is 14.8 Å². The summed E-state index contributed by atoms with van der Waals surface area (Å²) in [6.45, 7) is 4.47. The first-order valence-electron chi connectivity index (χ1n) is 8.53. The number of urea groups is 1. The minimum Gasteiger partial charge on any atom is -0.338 e. The molecule has 0 aliphatic heterocycles. The SMILES string of the molecule is CCNC(=O)N(Cc1nccn1Cc1ccc(Cl)c(Cl)c1)CC1CC1. The number of nitrogens with zero attached hydrogens (tertiary/aromatic N) is 3. The van der Waals surface area contributed by atoms with E-state index in [-0.39, 0.29) is 6.03 Å². The maximum absolute atomic E-state index is 12.3. The van der Waals surface area contributed by atoms with E-state index < -0.39 is 0 Å². The van der Waals surface area contributed by atoms with E-state index in [1.807, 2.05) is 34.7 Å². The smallest absolute Gasteiger partial charge is 0.317 e. The van der Waals surface area contributed by atoms with Gasteiger partial charge in [-0.2, -0.15) is 0 Å². The maximum Gasteiger partial charge on any atom is 0.317 e. The lowest BCUT2D eigenvalue weighted by atomic mass is 10.2. The summed E-state index contributed by atoms with van der Waals surface area (Å²) >= 11 is 12.1. The highest BCUT2D eigenvalue weighted by atomic mass is 35.5. The average Bonchev–Trinajstić information content (AvgIpc) is 3.30. The van der Waals surface area contributed by atoms with E-state index in [2.05, 4.69) is 10.3 Å². The molecule has 1 aromatic heterocycles. The minimum atomic E-state index is -0.0292. The monoisotopic (exact) mass is 380 g/mol. The van der Waals surface area contributed by atoms with Crippen LogP contribution in [0.2, 0.25) is 10.0 Å². The summed E-state index contributed by atoms with van der Waals surface area (Å²) in [6, 6.07) is 5.58. The Hall–Kier alpha value is -1.72. The average molecular weight is 381 g/mol. The van der Waals surface area contributed by atoms with Gasteiger partial charge in [0.25, 0.3) is 0 Å². The Kier molecular flexibility index (Phi) is 5.86. The molecule has 1 saturated carbocycles. The molecule has 25 heavy (non-hydrogen) atoms. The Labute approximate surface area is 157 Å². The topological polar surface area (TPSA) is 50.2 Å². The van der Waals surface area contributed by atoms with E-state index >= 15 is 0 Å². The van der Waals surface area contributed by atoms with Crippen molar-refractivity contribution in [1.29, 1.82) is 0 Å². The Morgan fingerprint density at radius 1 is 1.36 bits per heavy atom. The van der Waals surface area contributed by atoms with Gasteiger partial charge in [0.2, 0.25) is 0 Å². The zero-order valence-electron chi connectivity index (χ0n) is 14.2. The van der Waals surface area contributed by atoms with Crippen LogP contribution in [0.1, 0.15) is 31.2 Å². The van der Waals surface area contributed by atoms with Gasteiger partial charge in [0.15, 0.2) is 0 Å². The molecule has 2 amide bonds. The zero-order valence-corrected chi connectivity index (χ0v) is 15.7. The summed E-state index contributed by atoms with van der Waals surface area (Å²) < 4.78 is 2.04. The highest BCUT2D eigenvalue weighted by Gasteiger charge is 2.27. The van der Waals surface area contributed by atoms with Gasteiger partial charge in [0.1, 0.15) is 5.82 Å². The number of benzene rings is 1. The van der Waals surface area contributed by atoms with Crippen molar-refractivity contribution in [2.75, 3.05) is 13.1 Å². The van der Waals surface area contributed by atoms with Gasteiger partial charge in [0, 0.05) is 32.0 Å². The number of carbonyl (C=O) groups is 1. The molecule has 2 aromatic rings. The first kappa shape index (κ1) is 18.1. The van der Waals surface area contributed by atoms with E-state index in [1.54, 1.807) is 12.3 Å². The van der Waals surface area contributed by atoms with Crippen molar-refractivity contribution >= 4 is 29.2 Å². The second-order valence-electron chi connectivity index (χ2n) is 6.38. The van der Waals surface area contributed by atoms with Crippen LogP contribution in [0.4, 0.5) is 4.79 Å². The van der Waals surface area contributed by atoms with Crippen molar-refractivity contribution in [2.45, 2.75) is 32.9 Å². The fourth-order valence-electron chi connectivity index (χ4n) is 2.74. The van der Waals surface area contributed by atoms with Gasteiger partial charge >= 0.3 is 6.03 Å². The molecule has 1 aromatic carbocycles. The molecule has 7 heteroatoms. The molecule has 1 N–H and O–H groups in total. The van der Waals surface area contributed by atoms with E-state index in [1.165, 1.54) is 12.8 Å². The molecular weight excluding hydrogens is 359 g/mol. The van der Waals surface area contributed by atoms with E-state index in [0.29, 0.717) is 35.6 Å². The summed E-state index contributed by atoms with van der Waals surface area (Å²) in [6.07, 6.45) is 6.09. The van der Waals surface area contributed by atoms with Gasteiger partial charge in [-0.05, 0) is 43.4 Å². The lowest BCUT2D eigenvalue weighted by Crippen LogP contribution is -2.41. The lowest BCUT2D eigenvalue weighted by molar-refractivity contribution is 0.191. The van der Waals surface area contributed by atoms with Gasteiger partial charge in [0.05, 0.1) is 16.6 Å². The molecule has 1 heterocycles. The molecular formula is C18H22Cl2N4O. The standard InChI is InChI=1S/C18H22Cl2N4O/c1-2-21-18(25)24(10-13-3-4-13)12-17-22-7-8-23(17)11-14-5-6-15(19)16(20)9-14/h5-9,13H,2-4,10-12H2,1H3,(H,21,25). The number of amides is 2. The van der Waals surface area contributed by atoms with E-state index in [4.69, 9.17) is 23.2 Å². The van der Waals surface area contributed by atoms with Gasteiger partial charge in [-0.3, -0.25) is 0 Å². The zero-order chi connectivity index (χ0) is 17.8. The molecule has 134 valence electrons. The van der Waals surface area contributed by atoms with Gasteiger partial charge in [-0.25, -0.2) is 9.78 Å². The third-order valence-electron chi connectivity index (χ3n) is 4.26. The maximum atomic E-state index is 12.3. The predicted octanol–water partition coefficient (Wildman–Crippen LogP) is 4.18. The van der Waals surface area contributed by atoms with Crippen LogP contribution in [0.5, 0.6) is 0 Å². The summed E-state index contributed by atoms with van der Waals surface area (Å²) in [7, 11) is 0. The first-order chi connectivity index (χ1) is 12.1. The molecule has 5 nitrogen and oxygen atoms in total. The van der Waals surface area contributed by atoms with Crippen molar-refractivity contribution in [3.63, 3.8) is 0 Å². The summed E-state index contributed by atoms with van der Waals surface area (Å²) in [5, 5.41) is 3.98. The number of halogens is 2. The number of carbonyl (C=O) groups excluding carboxylic acids is 1. The van der Waals surface area contributed by atoms with Crippen LogP contribution in [-0.2, 0) is 13.1 Å². The molecule has 0 bridgehead atoms. The second kappa shape index (κ2) is 8.11. The third kappa shape index (κ3) is 4.89. The van der Waals surface area contributed by atoms with Crippen LogP contribution in [0.15, 0.2) is 30.6 Å². The quantitative estimate of drug-likeness (QED) is 0.782.